The summed E-state index contributed by atoms with van der Waals surface area (Å²) in [5, 5.41) is 1.30. The molecule has 0 bridgehead atoms. The van der Waals surface area contributed by atoms with Gasteiger partial charge in [-0.2, -0.15) is 0 Å². The van der Waals surface area contributed by atoms with Crippen LogP contribution in [0.5, 0.6) is 0 Å². The van der Waals surface area contributed by atoms with E-state index in [4.69, 9.17) is 32.9 Å². The summed E-state index contributed by atoms with van der Waals surface area (Å²) >= 11 is 12.2. The smallest absolute Gasteiger partial charge is 0.320 e. The lowest BCUT2D eigenvalue weighted by Crippen LogP contribution is -2.56. The van der Waals surface area contributed by atoms with Gasteiger partial charge in [0.1, 0.15) is 0 Å². The number of benzene rings is 2. The Morgan fingerprint density at radius 2 is 1.17 bits per heavy atom. The van der Waals surface area contributed by atoms with Crippen molar-refractivity contribution in [1.82, 2.24) is 24.6 Å². The van der Waals surface area contributed by atoms with Crippen molar-refractivity contribution in [3.63, 3.8) is 0 Å². The van der Waals surface area contributed by atoms with Gasteiger partial charge < -0.3 is 19.4 Å². The van der Waals surface area contributed by atoms with E-state index in [0.29, 0.717) is 61.0 Å². The van der Waals surface area contributed by atoms with Gasteiger partial charge in [0.25, 0.3) is 5.91 Å². The van der Waals surface area contributed by atoms with Crippen molar-refractivity contribution in [2.24, 2.45) is 0 Å². The second kappa shape index (κ2) is 13.0. The number of morpholine rings is 1. The van der Waals surface area contributed by atoms with Gasteiger partial charge in [-0.3, -0.25) is 9.69 Å². The lowest BCUT2D eigenvalue weighted by atomic mass is 10.0. The largest absolute Gasteiger partial charge is 0.378 e. The van der Waals surface area contributed by atoms with E-state index in [0.717, 1.165) is 61.5 Å². The topological polar surface area (TPSA) is 69.2 Å². The van der Waals surface area contributed by atoms with Crippen LogP contribution < -0.4 is 0 Å². The van der Waals surface area contributed by atoms with Gasteiger partial charge in [0, 0.05) is 85.1 Å². The number of hydrogen-bond donors (Lipinski definition) is 0. The molecule has 0 atom stereocenters. The summed E-state index contributed by atoms with van der Waals surface area (Å²) in [7, 11) is 0. The van der Waals surface area contributed by atoms with Gasteiger partial charge in [-0.05, 0) is 49.2 Å². The Bertz CT molecular complexity index is 1330. The summed E-state index contributed by atoms with van der Waals surface area (Å²) in [6.45, 7) is 7.13. The predicted octanol–water partition coefficient (Wildman–Crippen LogP) is 5.40. The average molecular weight is 609 g/mol. The molecule has 2 aromatic carbocycles. The molecular formula is C32H35Cl2N5O3. The van der Waals surface area contributed by atoms with E-state index in [-0.39, 0.29) is 11.9 Å². The van der Waals surface area contributed by atoms with Crippen LogP contribution in [0.15, 0.2) is 60.7 Å². The summed E-state index contributed by atoms with van der Waals surface area (Å²) in [4.78, 5) is 39.9. The molecule has 10 heteroatoms. The summed E-state index contributed by atoms with van der Waals surface area (Å²) in [5.41, 5.74) is 3.85. The fourth-order valence-electron chi connectivity index (χ4n) is 6.04. The van der Waals surface area contributed by atoms with Crippen molar-refractivity contribution < 1.29 is 14.3 Å². The maximum absolute atomic E-state index is 13.8. The molecule has 220 valence electrons. The average Bonchev–Trinajstić information content (AvgIpc) is 3.05. The van der Waals surface area contributed by atoms with Gasteiger partial charge in [0.2, 0.25) is 0 Å². The Labute approximate surface area is 256 Å². The van der Waals surface area contributed by atoms with Crippen LogP contribution >= 0.6 is 23.2 Å². The number of rotatable bonds is 4. The molecule has 42 heavy (non-hydrogen) atoms. The van der Waals surface area contributed by atoms with Gasteiger partial charge in [0.05, 0.1) is 24.6 Å². The van der Waals surface area contributed by atoms with Crippen molar-refractivity contribution in [2.75, 3.05) is 65.6 Å². The minimum absolute atomic E-state index is 0.00778. The minimum atomic E-state index is 0.00778. The summed E-state index contributed by atoms with van der Waals surface area (Å²) in [5.74, 6) is 0.00778. The number of hydrogen-bond acceptors (Lipinski definition) is 5. The number of ether oxygens (including phenoxy) is 1. The molecule has 3 amide bonds. The second-order valence-corrected chi connectivity index (χ2v) is 11.9. The number of piperazine rings is 1. The van der Waals surface area contributed by atoms with Crippen molar-refractivity contribution in [1.29, 1.82) is 0 Å². The first-order valence-corrected chi connectivity index (χ1v) is 15.4. The number of halogens is 2. The van der Waals surface area contributed by atoms with Crippen LogP contribution in [0, 0.1) is 0 Å². The fourth-order valence-corrected chi connectivity index (χ4v) is 6.29. The molecule has 0 N–H and O–H groups in total. The fraction of sp³-hybridized carbons (Fsp3) is 0.406. The molecule has 8 nitrogen and oxygen atoms in total. The number of amides is 3. The number of urea groups is 1. The van der Waals surface area contributed by atoms with Gasteiger partial charge in [-0.25, -0.2) is 9.78 Å². The van der Waals surface area contributed by atoms with Crippen molar-refractivity contribution >= 4 is 35.1 Å². The molecule has 0 radical (unpaired) electrons. The van der Waals surface area contributed by atoms with Crippen LogP contribution in [0.2, 0.25) is 10.0 Å². The van der Waals surface area contributed by atoms with Crippen LogP contribution in [0.3, 0.4) is 0 Å². The summed E-state index contributed by atoms with van der Waals surface area (Å²) in [6.07, 6.45) is 1.92. The normalized spacial score (nSPS) is 18.8. The minimum Gasteiger partial charge on any atom is -0.378 e. The number of carbonyl (C=O) groups excluding carboxylic acids is 2. The first-order chi connectivity index (χ1) is 20.4. The summed E-state index contributed by atoms with van der Waals surface area (Å²) < 4.78 is 5.39. The number of pyridine rings is 1. The molecule has 3 aliphatic heterocycles. The Hall–Kier alpha value is -3.17. The number of carbonyl (C=O) groups is 2. The third kappa shape index (κ3) is 6.57. The van der Waals surface area contributed by atoms with E-state index in [9.17, 15) is 9.59 Å². The van der Waals surface area contributed by atoms with Crippen LogP contribution in [0.1, 0.15) is 23.2 Å². The highest BCUT2D eigenvalue weighted by Crippen LogP contribution is 2.28. The quantitative estimate of drug-likeness (QED) is 0.397. The Kier molecular flexibility index (Phi) is 8.95. The molecule has 3 aromatic rings. The van der Waals surface area contributed by atoms with E-state index >= 15 is 0 Å². The molecular weight excluding hydrogens is 573 g/mol. The molecule has 3 fully saturated rings. The number of nitrogens with zero attached hydrogens (tertiary/aromatic N) is 5. The lowest BCUT2D eigenvalue weighted by Gasteiger charge is -2.43. The van der Waals surface area contributed by atoms with Gasteiger partial charge >= 0.3 is 6.03 Å². The van der Waals surface area contributed by atoms with Crippen molar-refractivity contribution in [3.05, 3.63) is 76.3 Å². The van der Waals surface area contributed by atoms with Crippen LogP contribution in [0.4, 0.5) is 4.79 Å². The molecule has 6 rings (SSSR count). The molecule has 0 saturated carbocycles. The van der Waals surface area contributed by atoms with E-state index in [1.54, 1.807) is 0 Å². The third-order valence-electron chi connectivity index (χ3n) is 8.49. The number of likely N-dealkylation sites (tertiary alicyclic amines) is 1. The molecule has 3 aliphatic rings. The zero-order valence-corrected chi connectivity index (χ0v) is 25.1. The van der Waals surface area contributed by atoms with Crippen molar-refractivity contribution in [2.45, 2.75) is 18.9 Å². The standard InChI is InChI=1S/C32H35Cl2N5O3/c33-26-5-1-23(2-6-26)29-21-25(22-30(35-29)24-3-7-27(34)8-4-24)31(40)37-15-13-36(14-16-37)28-9-11-38(12-10-28)32(41)39-17-19-42-20-18-39/h1-8,21-22,28H,9-20H2. The monoisotopic (exact) mass is 607 g/mol. The summed E-state index contributed by atoms with van der Waals surface area (Å²) in [6, 6.07) is 19.3. The van der Waals surface area contributed by atoms with Crippen LogP contribution in [-0.2, 0) is 4.74 Å². The highest BCUT2D eigenvalue weighted by molar-refractivity contribution is 6.30. The van der Waals surface area contributed by atoms with Gasteiger partial charge in [-0.15, -0.1) is 0 Å². The van der Waals surface area contributed by atoms with Crippen LogP contribution in [0.25, 0.3) is 22.5 Å². The second-order valence-electron chi connectivity index (χ2n) is 11.1. The molecule has 0 spiro atoms. The van der Waals surface area contributed by atoms with Gasteiger partial charge in [0.15, 0.2) is 0 Å². The van der Waals surface area contributed by atoms with E-state index in [2.05, 4.69) is 4.90 Å². The number of aromatic nitrogens is 1. The first-order valence-electron chi connectivity index (χ1n) is 14.6. The molecule has 0 aliphatic carbocycles. The van der Waals surface area contributed by atoms with E-state index in [1.807, 2.05) is 75.4 Å². The van der Waals surface area contributed by atoms with Gasteiger partial charge in [-0.1, -0.05) is 47.5 Å². The molecule has 3 saturated heterocycles. The molecule has 1 aromatic heterocycles. The Balaban J connectivity index is 1.11. The zero-order chi connectivity index (χ0) is 29.1. The van der Waals surface area contributed by atoms with Crippen molar-refractivity contribution in [3.8, 4) is 22.5 Å². The highest BCUT2D eigenvalue weighted by Gasteiger charge is 2.32. The molecule has 0 unspecified atom stereocenters. The van der Waals surface area contributed by atoms with E-state index in [1.165, 1.54) is 0 Å². The Morgan fingerprint density at radius 3 is 1.69 bits per heavy atom. The zero-order valence-electron chi connectivity index (χ0n) is 23.6. The molecule has 4 heterocycles. The number of piperidine rings is 1. The Morgan fingerprint density at radius 1 is 0.667 bits per heavy atom. The predicted molar refractivity (Wildman–Crippen MR) is 165 cm³/mol. The van der Waals surface area contributed by atoms with E-state index < -0.39 is 0 Å². The maximum atomic E-state index is 13.8. The highest BCUT2D eigenvalue weighted by atomic mass is 35.5. The third-order valence-corrected chi connectivity index (χ3v) is 8.99. The maximum Gasteiger partial charge on any atom is 0.320 e. The lowest BCUT2D eigenvalue weighted by molar-refractivity contribution is 0.0312. The SMILES string of the molecule is O=C(c1cc(-c2ccc(Cl)cc2)nc(-c2ccc(Cl)cc2)c1)N1CCN(C2CCN(C(=O)N3CCOCC3)CC2)CC1. The first kappa shape index (κ1) is 28.9. The van der Waals surface area contributed by atoms with Crippen LogP contribution in [-0.4, -0.2) is 108 Å².